The Morgan fingerprint density at radius 2 is 1.83 bits per heavy atom. The first-order chi connectivity index (χ1) is 5.93. The van der Waals surface area contributed by atoms with Gasteiger partial charge in [-0.3, -0.25) is 0 Å². The monoisotopic (exact) mass is 158 g/mol. The van der Waals surface area contributed by atoms with Gasteiger partial charge in [0.1, 0.15) is 0 Å². The second-order valence-electron chi connectivity index (χ2n) is 2.62. The third kappa shape index (κ3) is 3.20. The lowest BCUT2D eigenvalue weighted by atomic mass is 10.2. The fourth-order valence-corrected chi connectivity index (χ4v) is 0.983. The van der Waals surface area contributed by atoms with Crippen LogP contribution in [-0.4, -0.2) is 0 Å². The topological polar surface area (TPSA) is 0 Å². The van der Waals surface area contributed by atoms with Crippen molar-refractivity contribution in [3.8, 4) is 0 Å². The Morgan fingerprint density at radius 1 is 1.08 bits per heavy atom. The molecule has 0 heterocycles. The summed E-state index contributed by atoms with van der Waals surface area (Å²) in [5.74, 6) is 0. The van der Waals surface area contributed by atoms with E-state index in [-0.39, 0.29) is 0 Å². The predicted molar refractivity (Wildman–Crippen MR) is 54.9 cm³/mol. The van der Waals surface area contributed by atoms with Gasteiger partial charge < -0.3 is 0 Å². The fourth-order valence-electron chi connectivity index (χ4n) is 0.983. The van der Waals surface area contributed by atoms with Crippen LogP contribution < -0.4 is 0 Å². The van der Waals surface area contributed by atoms with Crippen molar-refractivity contribution in [1.29, 1.82) is 0 Å². The van der Waals surface area contributed by atoms with Gasteiger partial charge in [0, 0.05) is 0 Å². The SMILES string of the molecule is C/C=C/CC=Cc1ccccc1. The van der Waals surface area contributed by atoms with Crippen LogP contribution in [0.25, 0.3) is 6.08 Å². The van der Waals surface area contributed by atoms with Crippen LogP contribution >= 0.6 is 0 Å². The summed E-state index contributed by atoms with van der Waals surface area (Å²) in [5, 5.41) is 0. The lowest BCUT2D eigenvalue weighted by Crippen LogP contribution is -1.67. The number of benzene rings is 1. The van der Waals surface area contributed by atoms with Crippen molar-refractivity contribution in [2.75, 3.05) is 0 Å². The van der Waals surface area contributed by atoms with E-state index in [2.05, 4.69) is 48.6 Å². The van der Waals surface area contributed by atoms with Crippen molar-refractivity contribution in [2.24, 2.45) is 0 Å². The lowest BCUT2D eigenvalue weighted by molar-refractivity contribution is 1.39. The Bertz CT molecular complexity index is 255. The molecule has 0 nitrogen and oxygen atoms in total. The van der Waals surface area contributed by atoms with E-state index >= 15 is 0 Å². The van der Waals surface area contributed by atoms with Crippen LogP contribution in [0.3, 0.4) is 0 Å². The molecule has 62 valence electrons. The highest BCUT2D eigenvalue weighted by atomic mass is 13.9. The highest BCUT2D eigenvalue weighted by Gasteiger charge is 1.79. The summed E-state index contributed by atoms with van der Waals surface area (Å²) in [7, 11) is 0. The maximum absolute atomic E-state index is 2.16. The van der Waals surface area contributed by atoms with Gasteiger partial charge in [0.05, 0.1) is 0 Å². The third-order valence-corrected chi connectivity index (χ3v) is 1.62. The molecule has 0 N–H and O–H groups in total. The van der Waals surface area contributed by atoms with Crippen molar-refractivity contribution in [2.45, 2.75) is 13.3 Å². The van der Waals surface area contributed by atoms with Crippen LogP contribution in [-0.2, 0) is 0 Å². The summed E-state index contributed by atoms with van der Waals surface area (Å²) in [5.41, 5.74) is 1.27. The van der Waals surface area contributed by atoms with E-state index in [9.17, 15) is 0 Å². The van der Waals surface area contributed by atoms with Crippen molar-refractivity contribution in [3.63, 3.8) is 0 Å². The van der Waals surface area contributed by atoms with E-state index < -0.39 is 0 Å². The summed E-state index contributed by atoms with van der Waals surface area (Å²) in [6.07, 6.45) is 9.52. The molecule has 12 heavy (non-hydrogen) atoms. The van der Waals surface area contributed by atoms with Crippen molar-refractivity contribution < 1.29 is 0 Å². The van der Waals surface area contributed by atoms with Crippen molar-refractivity contribution >= 4 is 6.08 Å². The quantitative estimate of drug-likeness (QED) is 0.589. The maximum Gasteiger partial charge on any atom is -0.0166 e. The molecule has 0 aromatic heterocycles. The Morgan fingerprint density at radius 3 is 2.50 bits per heavy atom. The largest absolute Gasteiger partial charge is 0.0914 e. The molecule has 0 heteroatoms. The Balaban J connectivity index is 2.47. The van der Waals surface area contributed by atoms with Gasteiger partial charge in [-0.2, -0.15) is 0 Å². The predicted octanol–water partition coefficient (Wildman–Crippen LogP) is 3.67. The van der Waals surface area contributed by atoms with Gasteiger partial charge in [0.15, 0.2) is 0 Å². The zero-order valence-electron chi connectivity index (χ0n) is 7.40. The average Bonchev–Trinajstić information content (AvgIpc) is 2.14. The molecule has 1 rings (SSSR count). The van der Waals surface area contributed by atoms with Gasteiger partial charge in [-0.1, -0.05) is 54.6 Å². The first kappa shape index (κ1) is 8.79. The van der Waals surface area contributed by atoms with Gasteiger partial charge in [-0.05, 0) is 18.9 Å². The molecule has 0 unspecified atom stereocenters. The van der Waals surface area contributed by atoms with Gasteiger partial charge in [0.25, 0.3) is 0 Å². The molecular weight excluding hydrogens is 144 g/mol. The van der Waals surface area contributed by atoms with Crippen LogP contribution in [0, 0.1) is 0 Å². The molecule has 0 amide bonds. The molecule has 0 aliphatic carbocycles. The summed E-state index contributed by atoms with van der Waals surface area (Å²) < 4.78 is 0. The minimum Gasteiger partial charge on any atom is -0.0914 e. The highest BCUT2D eigenvalue weighted by molar-refractivity contribution is 5.48. The molecular formula is C12H14. The number of rotatable bonds is 3. The number of hydrogen-bond donors (Lipinski definition) is 0. The molecule has 0 spiro atoms. The average molecular weight is 158 g/mol. The van der Waals surface area contributed by atoms with E-state index in [1.807, 2.05) is 13.0 Å². The number of allylic oxidation sites excluding steroid dienone is 3. The fraction of sp³-hybridized carbons (Fsp3) is 0.167. The highest BCUT2D eigenvalue weighted by Crippen LogP contribution is 2.01. The Labute approximate surface area is 74.2 Å². The summed E-state index contributed by atoms with van der Waals surface area (Å²) in [6.45, 7) is 2.04. The molecule has 1 aromatic carbocycles. The van der Waals surface area contributed by atoms with E-state index in [0.717, 1.165) is 6.42 Å². The summed E-state index contributed by atoms with van der Waals surface area (Å²) >= 11 is 0. The van der Waals surface area contributed by atoms with Gasteiger partial charge in [0.2, 0.25) is 0 Å². The molecule has 0 bridgehead atoms. The molecule has 0 radical (unpaired) electrons. The first-order valence-electron chi connectivity index (χ1n) is 4.26. The Kier molecular flexibility index (Phi) is 3.93. The Hall–Kier alpha value is -1.30. The molecule has 0 atom stereocenters. The zero-order valence-corrected chi connectivity index (χ0v) is 7.40. The van der Waals surface area contributed by atoms with Crippen LogP contribution in [0.4, 0.5) is 0 Å². The van der Waals surface area contributed by atoms with E-state index in [1.54, 1.807) is 0 Å². The summed E-state index contributed by atoms with van der Waals surface area (Å²) in [6, 6.07) is 10.3. The standard InChI is InChI=1S/C12H14/c1-2-3-4-6-9-12-10-7-5-8-11-12/h2-3,5-11H,4H2,1H3/b3-2+,9-6?. The third-order valence-electron chi connectivity index (χ3n) is 1.62. The number of hydrogen-bond acceptors (Lipinski definition) is 0. The molecule has 0 saturated carbocycles. The molecule has 1 aromatic rings. The second-order valence-corrected chi connectivity index (χ2v) is 2.62. The van der Waals surface area contributed by atoms with Gasteiger partial charge in [-0.25, -0.2) is 0 Å². The minimum absolute atomic E-state index is 1.02. The van der Waals surface area contributed by atoms with Crippen LogP contribution in [0.15, 0.2) is 48.6 Å². The van der Waals surface area contributed by atoms with Crippen LogP contribution in [0.2, 0.25) is 0 Å². The van der Waals surface area contributed by atoms with Crippen LogP contribution in [0.1, 0.15) is 18.9 Å². The minimum atomic E-state index is 1.02. The van der Waals surface area contributed by atoms with Gasteiger partial charge >= 0.3 is 0 Å². The molecule has 0 saturated heterocycles. The molecule has 0 aliphatic rings. The molecule has 0 fully saturated rings. The lowest BCUT2D eigenvalue weighted by Gasteiger charge is -1.89. The maximum atomic E-state index is 2.16. The zero-order chi connectivity index (χ0) is 8.65. The second kappa shape index (κ2) is 5.36. The van der Waals surface area contributed by atoms with Gasteiger partial charge in [-0.15, -0.1) is 0 Å². The normalized spacial score (nSPS) is 11.4. The smallest absolute Gasteiger partial charge is 0.0166 e. The molecule has 0 aliphatic heterocycles. The van der Waals surface area contributed by atoms with Crippen LogP contribution in [0.5, 0.6) is 0 Å². The first-order valence-corrected chi connectivity index (χ1v) is 4.26. The van der Waals surface area contributed by atoms with E-state index in [0.29, 0.717) is 0 Å². The van der Waals surface area contributed by atoms with Crippen molar-refractivity contribution in [3.05, 3.63) is 54.1 Å². The summed E-state index contributed by atoms with van der Waals surface area (Å²) in [4.78, 5) is 0. The van der Waals surface area contributed by atoms with Crippen molar-refractivity contribution in [1.82, 2.24) is 0 Å². The van der Waals surface area contributed by atoms with E-state index in [4.69, 9.17) is 0 Å². The van der Waals surface area contributed by atoms with E-state index in [1.165, 1.54) is 5.56 Å².